The first-order valence-corrected chi connectivity index (χ1v) is 10.4. The molecule has 0 aliphatic carbocycles. The Hall–Kier alpha value is -1.80. The third kappa shape index (κ3) is 4.85. The number of amides is 1. The number of hydrogen-bond acceptors (Lipinski definition) is 5. The number of anilines is 2. The number of rotatable bonds is 7. The molecule has 0 N–H and O–H groups in total. The third-order valence-electron chi connectivity index (χ3n) is 4.30. The molecule has 0 unspecified atom stereocenters. The van der Waals surface area contributed by atoms with Gasteiger partial charge in [0.25, 0.3) is 0 Å². The molecule has 0 bridgehead atoms. The molecule has 2 rings (SSSR count). The zero-order valence-corrected chi connectivity index (χ0v) is 16.0. The number of sulfonamides is 1. The third-order valence-corrected chi connectivity index (χ3v) is 5.42. The van der Waals surface area contributed by atoms with E-state index >= 15 is 0 Å². The summed E-state index contributed by atoms with van der Waals surface area (Å²) in [6.07, 6.45) is 1.14. The maximum Gasteiger partial charge on any atom is 0.243 e. The van der Waals surface area contributed by atoms with E-state index in [9.17, 15) is 13.2 Å². The fourth-order valence-electron chi connectivity index (χ4n) is 2.93. The first-order valence-electron chi connectivity index (χ1n) is 8.55. The van der Waals surface area contributed by atoms with Crippen LogP contribution in [0, 0.1) is 0 Å². The molecule has 0 aromatic heterocycles. The maximum absolute atomic E-state index is 12.5. The molecule has 1 fully saturated rings. The number of para-hydroxylation sites is 2. The lowest BCUT2D eigenvalue weighted by Crippen LogP contribution is -2.44. The van der Waals surface area contributed by atoms with Crippen molar-refractivity contribution in [2.75, 3.05) is 61.4 Å². The molecule has 0 saturated carbocycles. The summed E-state index contributed by atoms with van der Waals surface area (Å²) in [5.74, 6) is -0.202. The van der Waals surface area contributed by atoms with Gasteiger partial charge in [0, 0.05) is 26.2 Å². The molecule has 0 radical (unpaired) electrons. The number of carbonyl (C=O) groups is 1. The summed E-state index contributed by atoms with van der Waals surface area (Å²) >= 11 is 0. The summed E-state index contributed by atoms with van der Waals surface area (Å²) in [4.78, 5) is 16.2. The fourth-order valence-corrected chi connectivity index (χ4v) is 3.78. The summed E-state index contributed by atoms with van der Waals surface area (Å²) in [6.45, 7) is 7.27. The van der Waals surface area contributed by atoms with Crippen LogP contribution >= 0.6 is 0 Å². The largest absolute Gasteiger partial charge is 0.378 e. The summed E-state index contributed by atoms with van der Waals surface area (Å²) in [5, 5.41) is 0. The maximum atomic E-state index is 12.5. The molecule has 1 amide bonds. The SMILES string of the molecule is CCN(CC)C(=O)CN(c1ccccc1N1CCOCC1)S(C)(=O)=O. The van der Waals surface area contributed by atoms with Gasteiger partial charge in [0.1, 0.15) is 6.54 Å². The highest BCUT2D eigenvalue weighted by atomic mass is 32.2. The quantitative estimate of drug-likeness (QED) is 0.721. The van der Waals surface area contributed by atoms with Crippen LogP contribution in [0.15, 0.2) is 24.3 Å². The number of ether oxygens (including phenoxy) is 1. The Bertz CT molecular complexity index is 683. The first-order chi connectivity index (χ1) is 11.9. The molecular formula is C17H27N3O4S. The van der Waals surface area contributed by atoms with Crippen LogP contribution in [0.5, 0.6) is 0 Å². The van der Waals surface area contributed by atoms with Crippen molar-refractivity contribution in [3.63, 3.8) is 0 Å². The van der Waals surface area contributed by atoms with Crippen LogP contribution in [0.1, 0.15) is 13.8 Å². The van der Waals surface area contributed by atoms with Crippen molar-refractivity contribution in [2.24, 2.45) is 0 Å². The van der Waals surface area contributed by atoms with Crippen LogP contribution in [0.2, 0.25) is 0 Å². The van der Waals surface area contributed by atoms with Gasteiger partial charge in [-0.25, -0.2) is 8.42 Å². The minimum atomic E-state index is -3.60. The molecule has 1 aliphatic rings. The van der Waals surface area contributed by atoms with E-state index in [2.05, 4.69) is 4.90 Å². The predicted octanol–water partition coefficient (Wildman–Crippen LogP) is 1.16. The summed E-state index contributed by atoms with van der Waals surface area (Å²) in [7, 11) is -3.60. The zero-order valence-electron chi connectivity index (χ0n) is 15.1. The van der Waals surface area contributed by atoms with Crippen molar-refractivity contribution < 1.29 is 17.9 Å². The Balaban J connectivity index is 2.37. The standard InChI is InChI=1S/C17H27N3O4S/c1-4-18(5-2)17(21)14-20(25(3,22)23)16-9-7-6-8-15(16)19-10-12-24-13-11-19/h6-9H,4-5,10-14H2,1-3H3. The lowest BCUT2D eigenvalue weighted by molar-refractivity contribution is -0.129. The van der Waals surface area contributed by atoms with Crippen molar-refractivity contribution in [3.8, 4) is 0 Å². The Morgan fingerprint density at radius 3 is 2.32 bits per heavy atom. The van der Waals surface area contributed by atoms with Gasteiger partial charge in [0.05, 0.1) is 30.8 Å². The molecule has 1 saturated heterocycles. The molecule has 0 atom stereocenters. The van der Waals surface area contributed by atoms with Crippen LogP contribution in [0.25, 0.3) is 0 Å². The van der Waals surface area contributed by atoms with Crippen LogP contribution in [0.4, 0.5) is 11.4 Å². The number of nitrogens with zero attached hydrogens (tertiary/aromatic N) is 3. The van der Waals surface area contributed by atoms with E-state index in [4.69, 9.17) is 4.74 Å². The average Bonchev–Trinajstić information content (AvgIpc) is 2.60. The number of carbonyl (C=O) groups excluding carboxylic acids is 1. The van der Waals surface area contributed by atoms with Gasteiger partial charge in [0.2, 0.25) is 15.9 Å². The Morgan fingerprint density at radius 1 is 1.16 bits per heavy atom. The van der Waals surface area contributed by atoms with E-state index in [1.807, 2.05) is 26.0 Å². The number of hydrogen-bond donors (Lipinski definition) is 0. The number of likely N-dealkylation sites (N-methyl/N-ethyl adjacent to an activating group) is 1. The van der Waals surface area contributed by atoms with E-state index in [-0.39, 0.29) is 12.5 Å². The minimum absolute atomic E-state index is 0.193. The van der Waals surface area contributed by atoms with Gasteiger partial charge in [0.15, 0.2) is 0 Å². The second-order valence-electron chi connectivity index (χ2n) is 5.92. The van der Waals surface area contributed by atoms with Crippen molar-refractivity contribution in [1.82, 2.24) is 4.90 Å². The fraction of sp³-hybridized carbons (Fsp3) is 0.588. The molecule has 1 aliphatic heterocycles. The molecule has 0 spiro atoms. The monoisotopic (exact) mass is 369 g/mol. The van der Waals surface area contributed by atoms with Crippen molar-refractivity contribution in [2.45, 2.75) is 13.8 Å². The Labute approximate surface area is 150 Å². The first kappa shape index (κ1) is 19.5. The van der Waals surface area contributed by atoms with E-state index in [1.54, 1.807) is 17.0 Å². The van der Waals surface area contributed by atoms with Crippen LogP contribution in [0.3, 0.4) is 0 Å². The molecule has 1 aromatic rings. The number of benzene rings is 1. The van der Waals surface area contributed by atoms with E-state index < -0.39 is 10.0 Å². The van der Waals surface area contributed by atoms with Crippen LogP contribution in [-0.4, -0.2) is 71.4 Å². The van der Waals surface area contributed by atoms with Gasteiger partial charge in [-0.15, -0.1) is 0 Å². The lowest BCUT2D eigenvalue weighted by atomic mass is 10.2. The smallest absolute Gasteiger partial charge is 0.243 e. The second-order valence-corrected chi connectivity index (χ2v) is 7.83. The Morgan fingerprint density at radius 2 is 1.76 bits per heavy atom. The van der Waals surface area contributed by atoms with Gasteiger partial charge in [-0.1, -0.05) is 12.1 Å². The molecule has 1 heterocycles. The molecule has 8 heteroatoms. The zero-order chi connectivity index (χ0) is 18.4. The molecule has 1 aromatic carbocycles. The van der Waals surface area contributed by atoms with Crippen molar-refractivity contribution >= 4 is 27.3 Å². The summed E-state index contributed by atoms with van der Waals surface area (Å²) in [6, 6.07) is 7.31. The average molecular weight is 369 g/mol. The molecule has 25 heavy (non-hydrogen) atoms. The van der Waals surface area contributed by atoms with Gasteiger partial charge in [-0.3, -0.25) is 9.10 Å². The van der Waals surface area contributed by atoms with Gasteiger partial charge >= 0.3 is 0 Å². The van der Waals surface area contributed by atoms with E-state index in [0.29, 0.717) is 45.1 Å². The minimum Gasteiger partial charge on any atom is -0.378 e. The lowest BCUT2D eigenvalue weighted by Gasteiger charge is -2.34. The second kappa shape index (κ2) is 8.53. The molecular weight excluding hydrogens is 342 g/mol. The Kier molecular flexibility index (Phi) is 6.66. The summed E-state index contributed by atoms with van der Waals surface area (Å²) in [5.41, 5.74) is 1.34. The van der Waals surface area contributed by atoms with Crippen LogP contribution < -0.4 is 9.21 Å². The van der Waals surface area contributed by atoms with Gasteiger partial charge in [-0.05, 0) is 26.0 Å². The van der Waals surface area contributed by atoms with Gasteiger partial charge < -0.3 is 14.5 Å². The van der Waals surface area contributed by atoms with Gasteiger partial charge in [-0.2, -0.15) is 0 Å². The summed E-state index contributed by atoms with van der Waals surface area (Å²) < 4.78 is 31.4. The highest BCUT2D eigenvalue weighted by Gasteiger charge is 2.27. The van der Waals surface area contributed by atoms with E-state index in [0.717, 1.165) is 11.9 Å². The molecule has 140 valence electrons. The topological polar surface area (TPSA) is 70.2 Å². The van der Waals surface area contributed by atoms with Crippen molar-refractivity contribution in [3.05, 3.63) is 24.3 Å². The highest BCUT2D eigenvalue weighted by Crippen LogP contribution is 2.31. The highest BCUT2D eigenvalue weighted by molar-refractivity contribution is 7.92. The van der Waals surface area contributed by atoms with E-state index in [1.165, 1.54) is 4.31 Å². The van der Waals surface area contributed by atoms with Crippen LogP contribution in [-0.2, 0) is 19.6 Å². The van der Waals surface area contributed by atoms with Crippen molar-refractivity contribution in [1.29, 1.82) is 0 Å². The molecule has 7 nitrogen and oxygen atoms in total. The number of morpholine rings is 1. The predicted molar refractivity (Wildman–Crippen MR) is 99.6 cm³/mol. The normalized spacial score (nSPS) is 15.1.